The number of rotatable bonds is 1. The van der Waals surface area contributed by atoms with Gasteiger partial charge >= 0.3 is 0 Å². The van der Waals surface area contributed by atoms with Crippen molar-refractivity contribution in [1.29, 1.82) is 0 Å². The van der Waals surface area contributed by atoms with Crippen molar-refractivity contribution in [2.24, 2.45) is 0 Å². The summed E-state index contributed by atoms with van der Waals surface area (Å²) in [5, 5.41) is 2.45. The molecular formula is C11H10N2O2. The van der Waals surface area contributed by atoms with Gasteiger partial charge in [0.25, 0.3) is 5.56 Å². The van der Waals surface area contributed by atoms with E-state index in [9.17, 15) is 9.59 Å². The van der Waals surface area contributed by atoms with E-state index in [1.807, 2.05) is 30.3 Å². The molecule has 1 heterocycles. The van der Waals surface area contributed by atoms with Crippen LogP contribution in [0, 0.1) is 0 Å². The molecule has 0 spiro atoms. The molecular weight excluding hydrogens is 192 g/mol. The maximum Gasteiger partial charge on any atom is 0.265 e. The standard InChI is InChI=1S/C11H10N2O2/c1-8(14)13-10(7-11(15)12-13)9-5-3-2-4-6-9/h2-7H,1H3,(H,12,15). The van der Waals surface area contributed by atoms with Crippen molar-refractivity contribution in [3.63, 3.8) is 0 Å². The van der Waals surface area contributed by atoms with Crippen LogP contribution in [-0.2, 0) is 0 Å². The molecule has 0 unspecified atom stereocenters. The highest BCUT2D eigenvalue weighted by Crippen LogP contribution is 2.16. The monoisotopic (exact) mass is 202 g/mol. The number of aromatic nitrogens is 2. The van der Waals surface area contributed by atoms with E-state index in [1.165, 1.54) is 17.7 Å². The molecule has 76 valence electrons. The van der Waals surface area contributed by atoms with Crippen molar-refractivity contribution in [2.75, 3.05) is 0 Å². The summed E-state index contributed by atoms with van der Waals surface area (Å²) in [6.45, 7) is 1.41. The number of hydrogen-bond acceptors (Lipinski definition) is 2. The molecule has 2 rings (SSSR count). The third-order valence-electron chi connectivity index (χ3n) is 2.12. The fraction of sp³-hybridized carbons (Fsp3) is 0.0909. The van der Waals surface area contributed by atoms with Gasteiger partial charge in [-0.1, -0.05) is 30.3 Å². The average Bonchev–Trinajstić information content (AvgIpc) is 2.62. The molecule has 1 aromatic heterocycles. The van der Waals surface area contributed by atoms with Crippen LogP contribution in [0.5, 0.6) is 0 Å². The highest BCUT2D eigenvalue weighted by atomic mass is 16.2. The SMILES string of the molecule is CC(=O)n1[nH]c(=O)cc1-c1ccccc1. The molecule has 0 bridgehead atoms. The van der Waals surface area contributed by atoms with E-state index in [1.54, 1.807) is 0 Å². The molecule has 0 radical (unpaired) electrons. The van der Waals surface area contributed by atoms with Gasteiger partial charge in [0.2, 0.25) is 5.91 Å². The molecule has 0 saturated heterocycles. The van der Waals surface area contributed by atoms with E-state index in [2.05, 4.69) is 5.10 Å². The highest BCUT2D eigenvalue weighted by Gasteiger charge is 2.09. The average molecular weight is 202 g/mol. The van der Waals surface area contributed by atoms with Gasteiger partial charge in [-0.15, -0.1) is 0 Å². The second-order valence-corrected chi connectivity index (χ2v) is 3.23. The summed E-state index contributed by atoms with van der Waals surface area (Å²) in [6.07, 6.45) is 0. The summed E-state index contributed by atoms with van der Waals surface area (Å²) >= 11 is 0. The van der Waals surface area contributed by atoms with Crippen molar-refractivity contribution in [3.8, 4) is 11.3 Å². The number of hydrogen-bond donors (Lipinski definition) is 1. The lowest BCUT2D eigenvalue weighted by Crippen LogP contribution is -2.12. The van der Waals surface area contributed by atoms with Gasteiger partial charge in [-0.3, -0.25) is 14.7 Å². The molecule has 0 aliphatic carbocycles. The number of nitrogens with one attached hydrogen (secondary N) is 1. The van der Waals surface area contributed by atoms with E-state index in [0.29, 0.717) is 5.69 Å². The molecule has 0 amide bonds. The van der Waals surface area contributed by atoms with E-state index in [-0.39, 0.29) is 11.5 Å². The van der Waals surface area contributed by atoms with Gasteiger partial charge in [-0.25, -0.2) is 4.68 Å². The number of H-pyrrole nitrogens is 1. The Labute approximate surface area is 86.1 Å². The molecule has 2 aromatic rings. The summed E-state index contributed by atoms with van der Waals surface area (Å²) in [5.74, 6) is -0.212. The molecule has 0 aliphatic rings. The second kappa shape index (κ2) is 3.57. The first-order valence-corrected chi connectivity index (χ1v) is 4.57. The number of benzene rings is 1. The maximum absolute atomic E-state index is 11.2. The topological polar surface area (TPSA) is 54.9 Å². The van der Waals surface area contributed by atoms with E-state index in [4.69, 9.17) is 0 Å². The first-order valence-electron chi connectivity index (χ1n) is 4.57. The van der Waals surface area contributed by atoms with Gasteiger partial charge in [0.05, 0.1) is 5.69 Å². The van der Waals surface area contributed by atoms with Gasteiger partial charge in [0.1, 0.15) is 0 Å². The van der Waals surface area contributed by atoms with Gasteiger partial charge in [0, 0.05) is 18.6 Å². The van der Waals surface area contributed by atoms with E-state index >= 15 is 0 Å². The summed E-state index contributed by atoms with van der Waals surface area (Å²) < 4.78 is 1.25. The Hall–Kier alpha value is -2.10. The lowest BCUT2D eigenvalue weighted by atomic mass is 10.1. The van der Waals surface area contributed by atoms with E-state index < -0.39 is 0 Å². The summed E-state index contributed by atoms with van der Waals surface area (Å²) in [4.78, 5) is 22.4. The summed E-state index contributed by atoms with van der Waals surface area (Å²) in [6, 6.07) is 10.7. The maximum atomic E-state index is 11.2. The zero-order valence-corrected chi connectivity index (χ0v) is 8.23. The third kappa shape index (κ3) is 1.74. The van der Waals surface area contributed by atoms with Crippen LogP contribution in [0.2, 0.25) is 0 Å². The van der Waals surface area contributed by atoms with Crippen molar-refractivity contribution in [1.82, 2.24) is 9.78 Å². The molecule has 15 heavy (non-hydrogen) atoms. The zero-order valence-electron chi connectivity index (χ0n) is 8.23. The number of nitrogens with zero attached hydrogens (tertiary/aromatic N) is 1. The Kier molecular flexibility index (Phi) is 2.25. The minimum Gasteiger partial charge on any atom is -0.273 e. The molecule has 0 saturated carbocycles. The Morgan fingerprint density at radius 1 is 1.27 bits per heavy atom. The molecule has 0 atom stereocenters. The lowest BCUT2D eigenvalue weighted by molar-refractivity contribution is 0.0923. The number of carbonyl (C=O) groups excluding carboxylic acids is 1. The minimum atomic E-state index is -0.274. The van der Waals surface area contributed by atoms with Crippen LogP contribution in [0.3, 0.4) is 0 Å². The van der Waals surface area contributed by atoms with Crippen molar-refractivity contribution >= 4 is 5.91 Å². The van der Waals surface area contributed by atoms with Crippen LogP contribution in [0.25, 0.3) is 11.3 Å². The largest absolute Gasteiger partial charge is 0.273 e. The Morgan fingerprint density at radius 3 is 2.53 bits per heavy atom. The van der Waals surface area contributed by atoms with Gasteiger partial charge in [0.15, 0.2) is 0 Å². The van der Waals surface area contributed by atoms with E-state index in [0.717, 1.165) is 5.56 Å². The highest BCUT2D eigenvalue weighted by molar-refractivity contribution is 5.80. The summed E-state index contributed by atoms with van der Waals surface area (Å²) in [7, 11) is 0. The van der Waals surface area contributed by atoms with Gasteiger partial charge < -0.3 is 0 Å². The normalized spacial score (nSPS) is 10.2. The lowest BCUT2D eigenvalue weighted by Gasteiger charge is -2.03. The fourth-order valence-corrected chi connectivity index (χ4v) is 1.46. The number of aromatic amines is 1. The predicted molar refractivity (Wildman–Crippen MR) is 56.8 cm³/mol. The van der Waals surface area contributed by atoms with Crippen molar-refractivity contribution < 1.29 is 4.79 Å². The Balaban J connectivity index is 2.63. The summed E-state index contributed by atoms with van der Waals surface area (Å²) in [5.41, 5.74) is 1.16. The van der Waals surface area contributed by atoms with Crippen LogP contribution in [0.4, 0.5) is 0 Å². The smallest absolute Gasteiger partial charge is 0.265 e. The molecule has 4 heteroatoms. The van der Waals surface area contributed by atoms with Crippen LogP contribution >= 0.6 is 0 Å². The van der Waals surface area contributed by atoms with Crippen molar-refractivity contribution in [3.05, 3.63) is 46.8 Å². The fourth-order valence-electron chi connectivity index (χ4n) is 1.46. The number of carbonyl (C=O) groups is 1. The van der Waals surface area contributed by atoms with Crippen LogP contribution in [0.1, 0.15) is 11.7 Å². The molecule has 0 aliphatic heterocycles. The quantitative estimate of drug-likeness (QED) is 0.761. The Morgan fingerprint density at radius 2 is 1.93 bits per heavy atom. The van der Waals surface area contributed by atoms with Crippen LogP contribution in [0.15, 0.2) is 41.2 Å². The molecule has 0 fully saturated rings. The van der Waals surface area contributed by atoms with Gasteiger partial charge in [-0.2, -0.15) is 0 Å². The first-order chi connectivity index (χ1) is 7.18. The van der Waals surface area contributed by atoms with Crippen LogP contribution in [-0.4, -0.2) is 15.7 Å². The first kappa shape index (κ1) is 9.45. The predicted octanol–water partition coefficient (Wildman–Crippen LogP) is 1.50. The van der Waals surface area contributed by atoms with Crippen LogP contribution < -0.4 is 5.56 Å². The zero-order chi connectivity index (χ0) is 10.8. The van der Waals surface area contributed by atoms with Crippen molar-refractivity contribution in [2.45, 2.75) is 6.92 Å². The molecule has 1 N–H and O–H groups in total. The third-order valence-corrected chi connectivity index (χ3v) is 2.12. The Bertz CT molecular complexity index is 537. The minimum absolute atomic E-state index is 0.212. The molecule has 4 nitrogen and oxygen atoms in total. The second-order valence-electron chi connectivity index (χ2n) is 3.23. The molecule has 1 aromatic carbocycles. The van der Waals surface area contributed by atoms with Gasteiger partial charge in [-0.05, 0) is 0 Å².